The number of benzene rings is 2. The largest absolute Gasteiger partial charge is 0.326 e. The number of likely N-dealkylation sites (tertiary alicyclic amines) is 1. The minimum Gasteiger partial charge on any atom is -0.306 e. The van der Waals surface area contributed by atoms with Crippen LogP contribution in [0.3, 0.4) is 0 Å². The predicted octanol–water partition coefficient (Wildman–Crippen LogP) is 3.54. The molecule has 144 valence electrons. The SMILES string of the molecule is O=C(C=CCN1CCC(n2c(=O)[nH]c3ccccc32)CC1)c1ccc(F)cc1. The van der Waals surface area contributed by atoms with E-state index in [1.54, 1.807) is 6.08 Å². The summed E-state index contributed by atoms with van der Waals surface area (Å²) in [6.45, 7) is 2.42. The fraction of sp³-hybridized carbons (Fsp3) is 0.273. The van der Waals surface area contributed by atoms with Gasteiger partial charge in [0.15, 0.2) is 5.78 Å². The molecule has 2 heterocycles. The molecule has 28 heavy (non-hydrogen) atoms. The van der Waals surface area contributed by atoms with Crippen molar-refractivity contribution in [2.75, 3.05) is 19.6 Å². The Balaban J connectivity index is 1.34. The molecule has 0 amide bonds. The van der Waals surface area contributed by atoms with Gasteiger partial charge < -0.3 is 4.98 Å². The molecule has 6 heteroatoms. The number of para-hydroxylation sites is 2. The zero-order valence-corrected chi connectivity index (χ0v) is 15.5. The standard InChI is InChI=1S/C22H22FN3O2/c23-17-9-7-16(8-10-17)21(27)6-3-13-25-14-11-18(12-15-25)26-20-5-2-1-4-19(20)24-22(26)28/h1-10,18H,11-15H2,(H,24,28). The molecule has 2 aromatic carbocycles. The van der Waals surface area contributed by atoms with Crippen LogP contribution in [0.4, 0.5) is 4.39 Å². The van der Waals surface area contributed by atoms with Crippen LogP contribution in [-0.2, 0) is 0 Å². The molecule has 0 saturated carbocycles. The quantitative estimate of drug-likeness (QED) is 0.545. The Morgan fingerprint density at radius 1 is 1.11 bits per heavy atom. The Kier molecular flexibility index (Phi) is 5.21. The zero-order chi connectivity index (χ0) is 19.5. The van der Waals surface area contributed by atoms with E-state index >= 15 is 0 Å². The van der Waals surface area contributed by atoms with Gasteiger partial charge in [0.1, 0.15) is 5.82 Å². The maximum Gasteiger partial charge on any atom is 0.326 e. The molecule has 4 rings (SSSR count). The van der Waals surface area contributed by atoms with Crippen molar-refractivity contribution in [3.8, 4) is 0 Å². The number of nitrogens with one attached hydrogen (secondary N) is 1. The molecule has 0 unspecified atom stereocenters. The number of hydrogen-bond acceptors (Lipinski definition) is 3. The highest BCUT2D eigenvalue weighted by molar-refractivity contribution is 6.04. The molecule has 1 aliphatic rings. The number of carbonyl (C=O) groups is 1. The Morgan fingerprint density at radius 3 is 2.57 bits per heavy atom. The summed E-state index contributed by atoms with van der Waals surface area (Å²) in [6.07, 6.45) is 5.18. The summed E-state index contributed by atoms with van der Waals surface area (Å²) in [5, 5.41) is 0. The number of hydrogen-bond donors (Lipinski definition) is 1. The van der Waals surface area contributed by atoms with Crippen molar-refractivity contribution in [3.63, 3.8) is 0 Å². The van der Waals surface area contributed by atoms with E-state index in [0.717, 1.165) is 37.0 Å². The molecule has 1 aromatic heterocycles. The summed E-state index contributed by atoms with van der Waals surface area (Å²) in [5.74, 6) is -0.474. The lowest BCUT2D eigenvalue weighted by atomic mass is 10.0. The maximum atomic E-state index is 12.9. The average Bonchev–Trinajstić information content (AvgIpc) is 3.05. The number of ketones is 1. The van der Waals surface area contributed by atoms with Crippen LogP contribution in [0.5, 0.6) is 0 Å². The first-order valence-electron chi connectivity index (χ1n) is 9.50. The summed E-state index contributed by atoms with van der Waals surface area (Å²) in [5.41, 5.74) is 2.26. The smallest absolute Gasteiger partial charge is 0.306 e. The number of fused-ring (bicyclic) bond motifs is 1. The van der Waals surface area contributed by atoms with E-state index in [1.165, 1.54) is 24.3 Å². The number of aromatic amines is 1. The number of H-pyrrole nitrogens is 1. The molecule has 5 nitrogen and oxygen atoms in total. The minimum atomic E-state index is -0.349. The topological polar surface area (TPSA) is 58.1 Å². The first-order chi connectivity index (χ1) is 13.6. The van der Waals surface area contributed by atoms with E-state index < -0.39 is 0 Å². The maximum absolute atomic E-state index is 12.9. The fourth-order valence-corrected chi connectivity index (χ4v) is 3.82. The van der Waals surface area contributed by atoms with Crippen LogP contribution >= 0.6 is 0 Å². The van der Waals surface area contributed by atoms with Crippen molar-refractivity contribution in [2.24, 2.45) is 0 Å². The first kappa shape index (κ1) is 18.4. The van der Waals surface area contributed by atoms with Gasteiger partial charge in [0.2, 0.25) is 0 Å². The lowest BCUT2D eigenvalue weighted by molar-refractivity contribution is 0.104. The average molecular weight is 379 g/mol. The Bertz CT molecular complexity index is 1060. The number of imidazole rings is 1. The second-order valence-corrected chi connectivity index (χ2v) is 7.12. The van der Waals surface area contributed by atoms with Crippen LogP contribution in [0.2, 0.25) is 0 Å². The molecule has 3 aromatic rings. The highest BCUT2D eigenvalue weighted by atomic mass is 19.1. The molecule has 0 aliphatic carbocycles. The Morgan fingerprint density at radius 2 is 1.82 bits per heavy atom. The number of allylic oxidation sites excluding steroid dienone is 1. The van der Waals surface area contributed by atoms with Gasteiger partial charge in [-0.3, -0.25) is 14.3 Å². The summed E-state index contributed by atoms with van der Waals surface area (Å²) < 4.78 is 14.8. The minimum absolute atomic E-state index is 0.0514. The third-order valence-electron chi connectivity index (χ3n) is 5.31. The fourth-order valence-electron chi connectivity index (χ4n) is 3.82. The molecule has 0 radical (unpaired) electrons. The summed E-state index contributed by atoms with van der Waals surface area (Å²) in [4.78, 5) is 29.6. The van der Waals surface area contributed by atoms with E-state index in [4.69, 9.17) is 0 Å². The highest BCUT2D eigenvalue weighted by Crippen LogP contribution is 2.24. The van der Waals surface area contributed by atoms with E-state index in [-0.39, 0.29) is 23.3 Å². The van der Waals surface area contributed by atoms with Crippen molar-refractivity contribution >= 4 is 16.8 Å². The van der Waals surface area contributed by atoms with Crippen molar-refractivity contribution in [2.45, 2.75) is 18.9 Å². The lowest BCUT2D eigenvalue weighted by Crippen LogP contribution is -2.37. The summed E-state index contributed by atoms with van der Waals surface area (Å²) in [7, 11) is 0. The van der Waals surface area contributed by atoms with Crippen molar-refractivity contribution in [3.05, 3.63) is 82.5 Å². The molecule has 0 spiro atoms. The molecule has 1 N–H and O–H groups in total. The van der Waals surface area contributed by atoms with Crippen LogP contribution in [0, 0.1) is 5.82 Å². The van der Waals surface area contributed by atoms with E-state index in [1.807, 2.05) is 34.9 Å². The molecule has 0 atom stereocenters. The first-order valence-corrected chi connectivity index (χ1v) is 9.50. The van der Waals surface area contributed by atoms with Gasteiger partial charge in [0, 0.05) is 31.2 Å². The number of halogens is 1. The van der Waals surface area contributed by atoms with Gasteiger partial charge in [-0.2, -0.15) is 0 Å². The van der Waals surface area contributed by atoms with Gasteiger partial charge >= 0.3 is 5.69 Å². The molecule has 1 aliphatic heterocycles. The second kappa shape index (κ2) is 7.94. The van der Waals surface area contributed by atoms with Gasteiger partial charge in [-0.15, -0.1) is 0 Å². The number of carbonyl (C=O) groups excluding carboxylic acids is 1. The molecule has 0 bridgehead atoms. The third kappa shape index (κ3) is 3.82. The Hall–Kier alpha value is -2.99. The number of nitrogens with zero attached hydrogens (tertiary/aromatic N) is 2. The van der Waals surface area contributed by atoms with Gasteiger partial charge in [0.05, 0.1) is 11.0 Å². The lowest BCUT2D eigenvalue weighted by Gasteiger charge is -2.31. The molecule has 1 fully saturated rings. The summed E-state index contributed by atoms with van der Waals surface area (Å²) in [6, 6.07) is 13.5. The monoisotopic (exact) mass is 379 g/mol. The van der Waals surface area contributed by atoms with Crippen molar-refractivity contribution in [1.29, 1.82) is 0 Å². The van der Waals surface area contributed by atoms with Crippen molar-refractivity contribution in [1.82, 2.24) is 14.5 Å². The van der Waals surface area contributed by atoms with Crippen LogP contribution < -0.4 is 5.69 Å². The number of aromatic nitrogens is 2. The van der Waals surface area contributed by atoms with Crippen LogP contribution in [0.15, 0.2) is 65.5 Å². The van der Waals surface area contributed by atoms with Crippen molar-refractivity contribution < 1.29 is 9.18 Å². The van der Waals surface area contributed by atoms with Crippen LogP contribution in [-0.4, -0.2) is 39.9 Å². The Labute approximate surface area is 162 Å². The highest BCUT2D eigenvalue weighted by Gasteiger charge is 2.22. The van der Waals surface area contributed by atoms with Crippen LogP contribution in [0.1, 0.15) is 29.2 Å². The zero-order valence-electron chi connectivity index (χ0n) is 15.5. The second-order valence-electron chi connectivity index (χ2n) is 7.12. The van der Waals surface area contributed by atoms with E-state index in [9.17, 15) is 14.0 Å². The summed E-state index contributed by atoms with van der Waals surface area (Å²) >= 11 is 0. The van der Waals surface area contributed by atoms with E-state index in [0.29, 0.717) is 12.1 Å². The normalized spacial score (nSPS) is 16.2. The number of rotatable bonds is 5. The van der Waals surface area contributed by atoms with Crippen LogP contribution in [0.25, 0.3) is 11.0 Å². The van der Waals surface area contributed by atoms with Gasteiger partial charge in [-0.25, -0.2) is 9.18 Å². The number of piperidine rings is 1. The van der Waals surface area contributed by atoms with Gasteiger partial charge in [0.25, 0.3) is 0 Å². The molecular formula is C22H22FN3O2. The van der Waals surface area contributed by atoms with Gasteiger partial charge in [-0.05, 0) is 55.3 Å². The molecule has 1 saturated heterocycles. The van der Waals surface area contributed by atoms with Gasteiger partial charge in [-0.1, -0.05) is 18.2 Å². The molecular weight excluding hydrogens is 357 g/mol. The predicted molar refractivity (Wildman–Crippen MR) is 107 cm³/mol. The third-order valence-corrected chi connectivity index (χ3v) is 5.31. The van der Waals surface area contributed by atoms with E-state index in [2.05, 4.69) is 9.88 Å².